The summed E-state index contributed by atoms with van der Waals surface area (Å²) in [5.74, 6) is -0.748. The van der Waals surface area contributed by atoms with Crippen LogP contribution in [0.3, 0.4) is 0 Å². The molecule has 0 bridgehead atoms. The first-order chi connectivity index (χ1) is 11.6. The highest BCUT2D eigenvalue weighted by atomic mass is 19.1. The van der Waals surface area contributed by atoms with Crippen LogP contribution in [-0.4, -0.2) is 10.9 Å². The van der Waals surface area contributed by atoms with Gasteiger partial charge >= 0.3 is 0 Å². The second kappa shape index (κ2) is 6.91. The molecule has 4 nitrogen and oxygen atoms in total. The van der Waals surface area contributed by atoms with E-state index in [2.05, 4.69) is 15.6 Å². The number of aryl methyl sites for hydroxylation is 1. The van der Waals surface area contributed by atoms with Crippen molar-refractivity contribution in [3.8, 4) is 0 Å². The highest BCUT2D eigenvalue weighted by molar-refractivity contribution is 6.04. The Labute approximate surface area is 139 Å². The number of aromatic nitrogens is 1. The van der Waals surface area contributed by atoms with E-state index in [1.54, 1.807) is 24.4 Å². The van der Waals surface area contributed by atoms with Gasteiger partial charge in [-0.15, -0.1) is 0 Å². The first-order valence-electron chi connectivity index (χ1n) is 7.46. The van der Waals surface area contributed by atoms with E-state index in [1.807, 2.05) is 31.2 Å². The van der Waals surface area contributed by atoms with Gasteiger partial charge in [-0.25, -0.2) is 4.39 Å². The number of nitrogens with one attached hydrogen (secondary N) is 2. The Morgan fingerprint density at radius 2 is 1.75 bits per heavy atom. The number of carbonyl (C=O) groups is 1. The average Bonchev–Trinajstić information content (AvgIpc) is 2.55. The van der Waals surface area contributed by atoms with E-state index in [-0.39, 0.29) is 5.91 Å². The fraction of sp³-hybridized carbons (Fsp3) is 0.0526. The number of amides is 1. The summed E-state index contributed by atoms with van der Waals surface area (Å²) in [5.41, 5.74) is 3.54. The summed E-state index contributed by atoms with van der Waals surface area (Å²) in [6, 6.07) is 15.3. The van der Waals surface area contributed by atoms with Gasteiger partial charge in [0, 0.05) is 17.6 Å². The smallest absolute Gasteiger partial charge is 0.257 e. The lowest BCUT2D eigenvalue weighted by Gasteiger charge is -2.09. The summed E-state index contributed by atoms with van der Waals surface area (Å²) in [4.78, 5) is 16.4. The zero-order valence-electron chi connectivity index (χ0n) is 13.1. The first kappa shape index (κ1) is 15.7. The number of halogens is 1. The van der Waals surface area contributed by atoms with Crippen LogP contribution in [0.2, 0.25) is 0 Å². The minimum atomic E-state index is -0.402. The Hall–Kier alpha value is -3.21. The van der Waals surface area contributed by atoms with E-state index in [0.717, 1.165) is 11.3 Å². The number of hydrogen-bond acceptors (Lipinski definition) is 3. The predicted octanol–water partition coefficient (Wildman–Crippen LogP) is 4.53. The zero-order chi connectivity index (χ0) is 16.9. The SMILES string of the molecule is Cc1cccc(Nc2cncc(C(=O)Nc3cccc(F)c3)c2)c1. The molecule has 0 aliphatic heterocycles. The second-order valence-electron chi connectivity index (χ2n) is 5.42. The van der Waals surface area contributed by atoms with Crippen LogP contribution in [-0.2, 0) is 0 Å². The summed E-state index contributed by atoms with van der Waals surface area (Å²) < 4.78 is 13.2. The Kier molecular flexibility index (Phi) is 4.52. The van der Waals surface area contributed by atoms with Gasteiger partial charge in [-0.3, -0.25) is 9.78 Å². The standard InChI is InChI=1S/C19H16FN3O/c1-13-4-2-6-16(8-13)22-18-9-14(11-21-12-18)19(24)23-17-7-3-5-15(20)10-17/h2-12,22H,1H3,(H,23,24). The Morgan fingerprint density at radius 1 is 0.958 bits per heavy atom. The van der Waals surface area contributed by atoms with E-state index in [4.69, 9.17) is 0 Å². The van der Waals surface area contributed by atoms with Gasteiger partial charge < -0.3 is 10.6 Å². The van der Waals surface area contributed by atoms with Crippen LogP contribution in [0, 0.1) is 12.7 Å². The van der Waals surface area contributed by atoms with Crippen LogP contribution in [0.15, 0.2) is 67.0 Å². The van der Waals surface area contributed by atoms with Gasteiger partial charge in [0.1, 0.15) is 5.82 Å². The summed E-state index contributed by atoms with van der Waals surface area (Å²) in [6.07, 6.45) is 3.11. The third kappa shape index (κ3) is 3.95. The van der Waals surface area contributed by atoms with Crippen molar-refractivity contribution in [3.05, 3.63) is 83.9 Å². The largest absolute Gasteiger partial charge is 0.354 e. The van der Waals surface area contributed by atoms with E-state index in [1.165, 1.54) is 18.3 Å². The van der Waals surface area contributed by atoms with Gasteiger partial charge in [-0.1, -0.05) is 18.2 Å². The first-order valence-corrected chi connectivity index (χ1v) is 7.46. The molecule has 0 saturated carbocycles. The fourth-order valence-electron chi connectivity index (χ4n) is 2.29. The van der Waals surface area contributed by atoms with Crippen molar-refractivity contribution in [2.45, 2.75) is 6.92 Å². The second-order valence-corrected chi connectivity index (χ2v) is 5.42. The molecule has 1 heterocycles. The van der Waals surface area contributed by atoms with Gasteiger partial charge in [-0.05, 0) is 48.9 Å². The lowest BCUT2D eigenvalue weighted by atomic mass is 10.2. The third-order valence-electron chi connectivity index (χ3n) is 3.39. The van der Waals surface area contributed by atoms with Crippen LogP contribution >= 0.6 is 0 Å². The molecule has 1 amide bonds. The summed E-state index contributed by atoms with van der Waals surface area (Å²) >= 11 is 0. The highest BCUT2D eigenvalue weighted by Gasteiger charge is 2.08. The lowest BCUT2D eigenvalue weighted by Crippen LogP contribution is -2.12. The van der Waals surface area contributed by atoms with Gasteiger partial charge in [0.25, 0.3) is 5.91 Å². The van der Waals surface area contributed by atoms with Gasteiger partial charge in [0.05, 0.1) is 17.4 Å². The van der Waals surface area contributed by atoms with Gasteiger partial charge in [0.15, 0.2) is 0 Å². The molecule has 24 heavy (non-hydrogen) atoms. The van der Waals surface area contributed by atoms with Crippen molar-refractivity contribution in [1.82, 2.24) is 4.98 Å². The van der Waals surface area contributed by atoms with Crippen molar-refractivity contribution >= 4 is 23.0 Å². The zero-order valence-corrected chi connectivity index (χ0v) is 13.1. The van der Waals surface area contributed by atoms with Crippen molar-refractivity contribution in [2.24, 2.45) is 0 Å². The van der Waals surface area contributed by atoms with Crippen molar-refractivity contribution in [2.75, 3.05) is 10.6 Å². The highest BCUT2D eigenvalue weighted by Crippen LogP contribution is 2.18. The molecule has 2 aromatic carbocycles. The Balaban J connectivity index is 1.76. The van der Waals surface area contributed by atoms with E-state index < -0.39 is 5.82 Å². The van der Waals surface area contributed by atoms with Gasteiger partial charge in [-0.2, -0.15) is 0 Å². The van der Waals surface area contributed by atoms with Gasteiger partial charge in [0.2, 0.25) is 0 Å². The molecule has 0 atom stereocenters. The molecule has 120 valence electrons. The Morgan fingerprint density at radius 3 is 2.54 bits per heavy atom. The van der Waals surface area contributed by atoms with Crippen LogP contribution < -0.4 is 10.6 Å². The lowest BCUT2D eigenvalue weighted by molar-refractivity contribution is 0.102. The normalized spacial score (nSPS) is 10.2. The van der Waals surface area contributed by atoms with Crippen LogP contribution in [0.4, 0.5) is 21.5 Å². The van der Waals surface area contributed by atoms with Crippen LogP contribution in [0.1, 0.15) is 15.9 Å². The number of nitrogens with zero attached hydrogens (tertiary/aromatic N) is 1. The predicted molar refractivity (Wildman–Crippen MR) is 93.1 cm³/mol. The molecule has 0 fully saturated rings. The van der Waals surface area contributed by atoms with E-state index in [0.29, 0.717) is 16.9 Å². The fourth-order valence-corrected chi connectivity index (χ4v) is 2.29. The van der Waals surface area contributed by atoms with Crippen molar-refractivity contribution in [3.63, 3.8) is 0 Å². The molecule has 0 radical (unpaired) electrons. The summed E-state index contributed by atoms with van der Waals surface area (Å²) in [7, 11) is 0. The van der Waals surface area contributed by atoms with E-state index in [9.17, 15) is 9.18 Å². The molecule has 0 unspecified atom stereocenters. The molecule has 1 aromatic heterocycles. The molecule has 0 spiro atoms. The maximum absolute atomic E-state index is 13.2. The van der Waals surface area contributed by atoms with Crippen LogP contribution in [0.25, 0.3) is 0 Å². The minimum absolute atomic E-state index is 0.346. The van der Waals surface area contributed by atoms with Crippen LogP contribution in [0.5, 0.6) is 0 Å². The van der Waals surface area contributed by atoms with E-state index >= 15 is 0 Å². The summed E-state index contributed by atoms with van der Waals surface area (Å²) in [5, 5.41) is 5.86. The molecule has 3 aromatic rings. The third-order valence-corrected chi connectivity index (χ3v) is 3.39. The van der Waals surface area contributed by atoms with Crippen molar-refractivity contribution in [1.29, 1.82) is 0 Å². The molecule has 3 rings (SSSR count). The number of hydrogen-bond donors (Lipinski definition) is 2. The average molecular weight is 321 g/mol. The molecule has 2 N–H and O–H groups in total. The topological polar surface area (TPSA) is 54.0 Å². The molecule has 5 heteroatoms. The maximum Gasteiger partial charge on any atom is 0.257 e. The summed E-state index contributed by atoms with van der Waals surface area (Å²) in [6.45, 7) is 2.01. The quantitative estimate of drug-likeness (QED) is 0.742. The number of carbonyl (C=O) groups excluding carboxylic acids is 1. The molecular weight excluding hydrogens is 305 g/mol. The number of rotatable bonds is 4. The van der Waals surface area contributed by atoms with Crippen molar-refractivity contribution < 1.29 is 9.18 Å². The maximum atomic E-state index is 13.2. The molecule has 0 aliphatic rings. The monoisotopic (exact) mass is 321 g/mol. The molecular formula is C19H16FN3O. The number of anilines is 3. The Bertz CT molecular complexity index is 880. The minimum Gasteiger partial charge on any atom is -0.354 e. The number of benzene rings is 2. The molecule has 0 saturated heterocycles. The molecule has 0 aliphatic carbocycles. The number of pyridine rings is 1.